The van der Waals surface area contributed by atoms with Crippen molar-refractivity contribution in [3.05, 3.63) is 81.1 Å². The molecule has 3 rings (SSSR count). The Hall–Kier alpha value is -2.73. The van der Waals surface area contributed by atoms with E-state index >= 15 is 0 Å². The third-order valence-electron chi connectivity index (χ3n) is 3.64. The number of rotatable bonds is 5. The van der Waals surface area contributed by atoms with Crippen LogP contribution in [0.5, 0.6) is 0 Å². The summed E-state index contributed by atoms with van der Waals surface area (Å²) in [5, 5.41) is 1.96. The van der Waals surface area contributed by atoms with Gasteiger partial charge < -0.3 is 4.90 Å². The molecule has 0 saturated heterocycles. The molecule has 6 heteroatoms. The highest BCUT2D eigenvalue weighted by Gasteiger charge is 2.20. The highest BCUT2D eigenvalue weighted by atomic mass is 32.1. The number of carbonyl (C=O) groups excluding carboxylic acids is 1. The maximum Gasteiger partial charge on any atom is 0.270 e. The highest BCUT2D eigenvalue weighted by Crippen LogP contribution is 2.13. The van der Waals surface area contributed by atoms with E-state index in [2.05, 4.69) is 11.6 Å². The SMILES string of the molecule is C=CCN(Cc1cccs1)C(=O)c1cnc2ccc(C)cn2c1=O. The van der Waals surface area contributed by atoms with Crippen molar-refractivity contribution >= 4 is 22.9 Å². The molecule has 3 heterocycles. The molecule has 0 radical (unpaired) electrons. The fraction of sp³-hybridized carbons (Fsp3) is 0.167. The number of hydrogen-bond donors (Lipinski definition) is 0. The van der Waals surface area contributed by atoms with Crippen molar-refractivity contribution in [2.24, 2.45) is 0 Å². The molecule has 24 heavy (non-hydrogen) atoms. The molecule has 5 nitrogen and oxygen atoms in total. The van der Waals surface area contributed by atoms with Crippen LogP contribution in [0.1, 0.15) is 20.8 Å². The number of aromatic nitrogens is 2. The van der Waals surface area contributed by atoms with E-state index in [1.165, 1.54) is 10.6 Å². The van der Waals surface area contributed by atoms with Gasteiger partial charge in [0, 0.05) is 23.8 Å². The van der Waals surface area contributed by atoms with E-state index in [1.807, 2.05) is 30.5 Å². The predicted molar refractivity (Wildman–Crippen MR) is 95.5 cm³/mol. The lowest BCUT2D eigenvalue weighted by Crippen LogP contribution is -2.35. The van der Waals surface area contributed by atoms with E-state index in [9.17, 15) is 9.59 Å². The number of aryl methyl sites for hydroxylation is 1. The predicted octanol–water partition coefficient (Wildman–Crippen LogP) is 2.89. The zero-order valence-electron chi connectivity index (χ0n) is 13.3. The van der Waals surface area contributed by atoms with Crippen molar-refractivity contribution in [1.29, 1.82) is 0 Å². The van der Waals surface area contributed by atoms with E-state index in [-0.39, 0.29) is 17.0 Å². The lowest BCUT2D eigenvalue weighted by molar-refractivity contribution is 0.0762. The van der Waals surface area contributed by atoms with Crippen molar-refractivity contribution in [3.63, 3.8) is 0 Å². The minimum Gasteiger partial charge on any atom is -0.330 e. The Labute approximate surface area is 143 Å². The van der Waals surface area contributed by atoms with E-state index in [0.717, 1.165) is 10.4 Å². The average molecular weight is 339 g/mol. The van der Waals surface area contributed by atoms with Gasteiger partial charge in [0.25, 0.3) is 11.5 Å². The first-order valence-corrected chi connectivity index (χ1v) is 8.38. The van der Waals surface area contributed by atoms with Crippen LogP contribution in [0.4, 0.5) is 0 Å². The summed E-state index contributed by atoms with van der Waals surface area (Å²) in [6, 6.07) is 7.54. The Bertz CT molecular complexity index is 945. The van der Waals surface area contributed by atoms with Crippen molar-refractivity contribution in [2.45, 2.75) is 13.5 Å². The summed E-state index contributed by atoms with van der Waals surface area (Å²) < 4.78 is 1.42. The van der Waals surface area contributed by atoms with Crippen LogP contribution in [-0.4, -0.2) is 26.7 Å². The van der Waals surface area contributed by atoms with Gasteiger partial charge in [-0.25, -0.2) is 4.98 Å². The third kappa shape index (κ3) is 3.14. The van der Waals surface area contributed by atoms with Gasteiger partial charge in [0.2, 0.25) is 0 Å². The Morgan fingerprint density at radius 1 is 1.42 bits per heavy atom. The van der Waals surface area contributed by atoms with Crippen LogP contribution in [-0.2, 0) is 6.54 Å². The molecule has 3 aromatic heterocycles. The molecule has 0 atom stereocenters. The molecule has 0 fully saturated rings. The van der Waals surface area contributed by atoms with Gasteiger partial charge in [-0.2, -0.15) is 0 Å². The molecule has 3 aromatic rings. The van der Waals surface area contributed by atoms with E-state index in [0.29, 0.717) is 18.7 Å². The standard InChI is InChI=1S/C18H17N3O2S/c1-3-8-20(12-14-5-4-9-24-14)17(22)15-10-19-16-7-6-13(2)11-21(16)18(15)23/h3-7,9-11H,1,8,12H2,2H3. The molecule has 0 aliphatic heterocycles. The Balaban J connectivity index is 2.00. The highest BCUT2D eigenvalue weighted by molar-refractivity contribution is 7.09. The van der Waals surface area contributed by atoms with Gasteiger partial charge in [0.1, 0.15) is 11.2 Å². The summed E-state index contributed by atoms with van der Waals surface area (Å²) in [4.78, 5) is 32.4. The zero-order chi connectivity index (χ0) is 17.1. The van der Waals surface area contributed by atoms with Gasteiger partial charge in [0.05, 0.1) is 6.54 Å². The van der Waals surface area contributed by atoms with Crippen LogP contribution in [0, 0.1) is 6.92 Å². The fourth-order valence-corrected chi connectivity index (χ4v) is 3.18. The van der Waals surface area contributed by atoms with Crippen LogP contribution in [0.3, 0.4) is 0 Å². The summed E-state index contributed by atoms with van der Waals surface area (Å²) in [7, 11) is 0. The topological polar surface area (TPSA) is 54.7 Å². The lowest BCUT2D eigenvalue weighted by atomic mass is 10.2. The van der Waals surface area contributed by atoms with Gasteiger partial charge >= 0.3 is 0 Å². The molecule has 0 bridgehead atoms. The molecule has 0 aliphatic carbocycles. The average Bonchev–Trinajstić information content (AvgIpc) is 3.08. The first kappa shape index (κ1) is 16.1. The smallest absolute Gasteiger partial charge is 0.270 e. The number of nitrogens with zero attached hydrogens (tertiary/aromatic N) is 3. The zero-order valence-corrected chi connectivity index (χ0v) is 14.1. The second kappa shape index (κ2) is 6.80. The van der Waals surface area contributed by atoms with Crippen molar-refractivity contribution < 1.29 is 4.79 Å². The van der Waals surface area contributed by atoms with Gasteiger partial charge in [-0.1, -0.05) is 18.2 Å². The molecule has 0 aromatic carbocycles. The fourth-order valence-electron chi connectivity index (χ4n) is 2.47. The second-order valence-electron chi connectivity index (χ2n) is 5.47. The summed E-state index contributed by atoms with van der Waals surface area (Å²) in [5.41, 5.74) is 1.17. The first-order valence-electron chi connectivity index (χ1n) is 7.50. The van der Waals surface area contributed by atoms with Gasteiger partial charge in [0.15, 0.2) is 0 Å². The van der Waals surface area contributed by atoms with Crippen molar-refractivity contribution in [2.75, 3.05) is 6.54 Å². The molecule has 122 valence electrons. The van der Waals surface area contributed by atoms with Crippen LogP contribution in [0.2, 0.25) is 0 Å². The number of hydrogen-bond acceptors (Lipinski definition) is 4. The normalized spacial score (nSPS) is 10.7. The van der Waals surface area contributed by atoms with E-state index in [4.69, 9.17) is 0 Å². The maximum absolute atomic E-state index is 12.8. The monoisotopic (exact) mass is 339 g/mol. The number of carbonyl (C=O) groups is 1. The Morgan fingerprint density at radius 2 is 2.25 bits per heavy atom. The molecular formula is C18H17N3O2S. The molecule has 1 amide bonds. The summed E-state index contributed by atoms with van der Waals surface area (Å²) >= 11 is 1.57. The minimum absolute atomic E-state index is 0.0662. The number of pyridine rings is 1. The molecule has 0 unspecified atom stereocenters. The largest absolute Gasteiger partial charge is 0.330 e. The quantitative estimate of drug-likeness (QED) is 0.672. The van der Waals surface area contributed by atoms with Crippen LogP contribution < -0.4 is 5.56 Å². The number of thiophene rings is 1. The van der Waals surface area contributed by atoms with Crippen molar-refractivity contribution in [1.82, 2.24) is 14.3 Å². The van der Waals surface area contributed by atoms with Gasteiger partial charge in [-0.05, 0) is 30.0 Å². The van der Waals surface area contributed by atoms with Gasteiger partial charge in [-0.15, -0.1) is 17.9 Å². The summed E-state index contributed by atoms with van der Waals surface area (Å²) in [5.74, 6) is -0.336. The Kier molecular flexibility index (Phi) is 4.57. The van der Waals surface area contributed by atoms with Crippen LogP contribution >= 0.6 is 11.3 Å². The van der Waals surface area contributed by atoms with Crippen LogP contribution in [0.25, 0.3) is 5.65 Å². The van der Waals surface area contributed by atoms with Crippen LogP contribution in [0.15, 0.2) is 59.5 Å². The minimum atomic E-state index is -0.353. The lowest BCUT2D eigenvalue weighted by Gasteiger charge is -2.20. The third-order valence-corrected chi connectivity index (χ3v) is 4.51. The summed E-state index contributed by atoms with van der Waals surface area (Å²) in [6.45, 7) is 6.40. The molecule has 0 aliphatic rings. The maximum atomic E-state index is 12.8. The molecule has 0 spiro atoms. The van der Waals surface area contributed by atoms with Crippen molar-refractivity contribution in [3.8, 4) is 0 Å². The molecular weight excluding hydrogens is 322 g/mol. The first-order chi connectivity index (χ1) is 11.6. The molecule has 0 N–H and O–H groups in total. The Morgan fingerprint density at radius 3 is 2.96 bits per heavy atom. The summed E-state index contributed by atoms with van der Waals surface area (Å²) in [6.07, 6.45) is 4.71. The van der Waals surface area contributed by atoms with Gasteiger partial charge in [-0.3, -0.25) is 14.0 Å². The van der Waals surface area contributed by atoms with E-state index in [1.54, 1.807) is 34.6 Å². The number of fused-ring (bicyclic) bond motifs is 1. The molecule has 0 saturated carbocycles. The second-order valence-corrected chi connectivity index (χ2v) is 6.50. The van der Waals surface area contributed by atoms with E-state index < -0.39 is 0 Å². The number of amides is 1.